The lowest BCUT2D eigenvalue weighted by Gasteiger charge is -2.24. The summed E-state index contributed by atoms with van der Waals surface area (Å²) in [7, 11) is 1.83. The molecule has 0 aliphatic heterocycles. The van der Waals surface area contributed by atoms with Crippen LogP contribution in [0.15, 0.2) is 0 Å². The largest absolute Gasteiger partial charge is 0.341 e. The summed E-state index contributed by atoms with van der Waals surface area (Å²) >= 11 is 0. The van der Waals surface area contributed by atoms with E-state index in [4.69, 9.17) is 0 Å². The van der Waals surface area contributed by atoms with Gasteiger partial charge in [-0.3, -0.25) is 4.79 Å². The highest BCUT2D eigenvalue weighted by atomic mass is 16.2. The molecule has 3 heteroatoms. The molecule has 0 heterocycles. The predicted molar refractivity (Wildman–Crippen MR) is 53.5 cm³/mol. The minimum Gasteiger partial charge on any atom is -0.341 e. The molecule has 1 amide bonds. The van der Waals surface area contributed by atoms with Crippen LogP contribution in [-0.2, 0) is 4.79 Å². The molecule has 0 bridgehead atoms. The van der Waals surface area contributed by atoms with Crippen LogP contribution >= 0.6 is 0 Å². The van der Waals surface area contributed by atoms with Crippen molar-refractivity contribution >= 4 is 5.91 Å². The zero-order valence-corrected chi connectivity index (χ0v) is 8.84. The third-order valence-corrected chi connectivity index (χ3v) is 2.67. The number of carbonyl (C=O) groups is 1. The lowest BCUT2D eigenvalue weighted by atomic mass is 10.2. The molecule has 1 fully saturated rings. The van der Waals surface area contributed by atoms with E-state index in [1.54, 1.807) is 0 Å². The summed E-state index contributed by atoms with van der Waals surface area (Å²) < 4.78 is 0. The molecular weight excluding hydrogens is 164 g/mol. The van der Waals surface area contributed by atoms with Crippen molar-refractivity contribution in [2.24, 2.45) is 5.92 Å². The van der Waals surface area contributed by atoms with Crippen molar-refractivity contribution in [1.29, 1.82) is 0 Å². The van der Waals surface area contributed by atoms with Crippen molar-refractivity contribution in [1.82, 2.24) is 10.2 Å². The molecule has 0 aromatic rings. The molecule has 1 rings (SSSR count). The van der Waals surface area contributed by atoms with Gasteiger partial charge in [-0.1, -0.05) is 0 Å². The molecule has 1 aliphatic carbocycles. The molecule has 0 aromatic heterocycles. The molecule has 0 aromatic carbocycles. The Morgan fingerprint density at radius 2 is 2.23 bits per heavy atom. The summed E-state index contributed by atoms with van der Waals surface area (Å²) in [6, 6.07) is -0.0429. The van der Waals surface area contributed by atoms with Gasteiger partial charge in [-0.2, -0.15) is 0 Å². The SMILES string of the molecule is CCN(CC1CC1)C(=O)C(C)NC. The summed E-state index contributed by atoms with van der Waals surface area (Å²) in [5.74, 6) is 1.02. The fourth-order valence-corrected chi connectivity index (χ4v) is 1.38. The molecule has 76 valence electrons. The molecule has 1 atom stereocenters. The van der Waals surface area contributed by atoms with Crippen LogP contribution < -0.4 is 5.32 Å². The first-order valence-corrected chi connectivity index (χ1v) is 5.15. The second-order valence-corrected chi connectivity index (χ2v) is 3.83. The van der Waals surface area contributed by atoms with E-state index in [1.807, 2.05) is 25.8 Å². The number of nitrogens with one attached hydrogen (secondary N) is 1. The summed E-state index contributed by atoms with van der Waals surface area (Å²) in [5, 5.41) is 2.98. The number of hydrogen-bond donors (Lipinski definition) is 1. The van der Waals surface area contributed by atoms with Gasteiger partial charge in [-0.25, -0.2) is 0 Å². The Labute approximate surface area is 80.5 Å². The maximum Gasteiger partial charge on any atom is 0.239 e. The Balaban J connectivity index is 2.38. The van der Waals surface area contributed by atoms with Crippen LogP contribution in [0, 0.1) is 5.92 Å². The molecule has 3 nitrogen and oxygen atoms in total. The van der Waals surface area contributed by atoms with Crippen molar-refractivity contribution in [2.45, 2.75) is 32.7 Å². The normalized spacial score (nSPS) is 18.4. The third kappa shape index (κ3) is 2.99. The Morgan fingerprint density at radius 1 is 1.62 bits per heavy atom. The number of amides is 1. The van der Waals surface area contributed by atoms with E-state index in [1.165, 1.54) is 12.8 Å². The van der Waals surface area contributed by atoms with Gasteiger partial charge in [0.2, 0.25) is 5.91 Å². The summed E-state index contributed by atoms with van der Waals surface area (Å²) in [6.07, 6.45) is 2.61. The minimum atomic E-state index is -0.0429. The van der Waals surface area contributed by atoms with Gasteiger partial charge in [0, 0.05) is 13.1 Å². The third-order valence-electron chi connectivity index (χ3n) is 2.67. The zero-order valence-electron chi connectivity index (χ0n) is 8.84. The van der Waals surface area contributed by atoms with Crippen LogP contribution in [0.5, 0.6) is 0 Å². The first-order chi connectivity index (χ1) is 6.19. The van der Waals surface area contributed by atoms with E-state index < -0.39 is 0 Å². The van der Waals surface area contributed by atoms with E-state index >= 15 is 0 Å². The number of likely N-dealkylation sites (N-methyl/N-ethyl adjacent to an activating group) is 2. The van der Waals surface area contributed by atoms with Crippen molar-refractivity contribution in [3.8, 4) is 0 Å². The smallest absolute Gasteiger partial charge is 0.239 e. The van der Waals surface area contributed by atoms with Gasteiger partial charge in [0.15, 0.2) is 0 Å². The topological polar surface area (TPSA) is 32.3 Å². The maximum absolute atomic E-state index is 11.7. The molecular formula is C10H20N2O. The zero-order chi connectivity index (χ0) is 9.84. The Kier molecular flexibility index (Phi) is 3.72. The highest BCUT2D eigenvalue weighted by molar-refractivity contribution is 5.81. The molecule has 0 radical (unpaired) electrons. The van der Waals surface area contributed by atoms with Crippen molar-refractivity contribution in [3.63, 3.8) is 0 Å². The second kappa shape index (κ2) is 4.61. The van der Waals surface area contributed by atoms with Crippen LogP contribution in [0.2, 0.25) is 0 Å². The van der Waals surface area contributed by atoms with E-state index in [-0.39, 0.29) is 11.9 Å². The fourth-order valence-electron chi connectivity index (χ4n) is 1.38. The fraction of sp³-hybridized carbons (Fsp3) is 0.900. The highest BCUT2D eigenvalue weighted by Gasteiger charge is 2.27. The average molecular weight is 184 g/mol. The van der Waals surface area contributed by atoms with Gasteiger partial charge in [-0.15, -0.1) is 0 Å². The van der Waals surface area contributed by atoms with Crippen LogP contribution in [0.3, 0.4) is 0 Å². The van der Waals surface area contributed by atoms with Gasteiger partial charge in [0.05, 0.1) is 6.04 Å². The summed E-state index contributed by atoms with van der Waals surface area (Å²) in [4.78, 5) is 13.7. The monoisotopic (exact) mass is 184 g/mol. The molecule has 1 saturated carbocycles. The van der Waals surface area contributed by atoms with Gasteiger partial charge in [0.25, 0.3) is 0 Å². The molecule has 1 aliphatic rings. The van der Waals surface area contributed by atoms with Crippen molar-refractivity contribution < 1.29 is 4.79 Å². The minimum absolute atomic E-state index is 0.0429. The predicted octanol–water partition coefficient (Wildman–Crippen LogP) is 0.853. The van der Waals surface area contributed by atoms with Crippen LogP contribution in [-0.4, -0.2) is 37.0 Å². The van der Waals surface area contributed by atoms with Gasteiger partial charge in [0.1, 0.15) is 0 Å². The van der Waals surface area contributed by atoms with Gasteiger partial charge in [-0.05, 0) is 39.7 Å². The van der Waals surface area contributed by atoms with Crippen molar-refractivity contribution in [3.05, 3.63) is 0 Å². The first-order valence-electron chi connectivity index (χ1n) is 5.15. The van der Waals surface area contributed by atoms with E-state index in [0.29, 0.717) is 0 Å². The average Bonchev–Trinajstić information content (AvgIpc) is 2.95. The Morgan fingerprint density at radius 3 is 2.62 bits per heavy atom. The lowest BCUT2D eigenvalue weighted by Crippen LogP contribution is -2.44. The summed E-state index contributed by atoms with van der Waals surface area (Å²) in [6.45, 7) is 5.75. The van der Waals surface area contributed by atoms with Crippen LogP contribution in [0.4, 0.5) is 0 Å². The standard InChI is InChI=1S/C10H20N2O/c1-4-12(7-9-5-6-9)10(13)8(2)11-3/h8-9,11H,4-7H2,1-3H3. The van der Waals surface area contributed by atoms with Crippen molar-refractivity contribution in [2.75, 3.05) is 20.1 Å². The quantitative estimate of drug-likeness (QED) is 0.687. The molecule has 0 saturated heterocycles. The Hall–Kier alpha value is -0.570. The molecule has 0 spiro atoms. The van der Waals surface area contributed by atoms with E-state index in [0.717, 1.165) is 19.0 Å². The number of carbonyl (C=O) groups excluding carboxylic acids is 1. The summed E-state index contributed by atoms with van der Waals surface area (Å²) in [5.41, 5.74) is 0. The Bertz CT molecular complexity index is 178. The molecule has 1 N–H and O–H groups in total. The van der Waals surface area contributed by atoms with Gasteiger partial charge >= 0.3 is 0 Å². The lowest BCUT2D eigenvalue weighted by molar-refractivity contribution is -0.132. The second-order valence-electron chi connectivity index (χ2n) is 3.83. The first kappa shape index (κ1) is 10.5. The van der Waals surface area contributed by atoms with Crippen LogP contribution in [0.1, 0.15) is 26.7 Å². The van der Waals surface area contributed by atoms with Crippen LogP contribution in [0.25, 0.3) is 0 Å². The van der Waals surface area contributed by atoms with Gasteiger partial charge < -0.3 is 10.2 Å². The van der Waals surface area contributed by atoms with E-state index in [9.17, 15) is 4.79 Å². The number of rotatable bonds is 5. The number of nitrogens with zero attached hydrogens (tertiary/aromatic N) is 1. The maximum atomic E-state index is 11.7. The van der Waals surface area contributed by atoms with E-state index in [2.05, 4.69) is 5.32 Å². The molecule has 1 unspecified atom stereocenters. The number of hydrogen-bond acceptors (Lipinski definition) is 2. The molecule has 13 heavy (non-hydrogen) atoms. The highest BCUT2D eigenvalue weighted by Crippen LogP contribution is 2.29.